The molecule has 7 heteroatoms. The van der Waals surface area contributed by atoms with Crippen molar-refractivity contribution in [2.45, 2.75) is 31.2 Å². The number of benzene rings is 1. The van der Waals surface area contributed by atoms with Crippen LogP contribution in [0.2, 0.25) is 0 Å². The lowest BCUT2D eigenvalue weighted by atomic mass is 9.93. The van der Waals surface area contributed by atoms with E-state index in [2.05, 4.69) is 15.3 Å². The van der Waals surface area contributed by atoms with Crippen molar-refractivity contribution < 1.29 is 9.59 Å². The summed E-state index contributed by atoms with van der Waals surface area (Å²) in [5.41, 5.74) is 2.19. The first-order valence-corrected chi connectivity index (χ1v) is 8.84. The van der Waals surface area contributed by atoms with Crippen LogP contribution in [0.25, 0.3) is 0 Å². The van der Waals surface area contributed by atoms with Crippen molar-refractivity contribution in [1.82, 2.24) is 20.2 Å². The monoisotopic (exact) mass is 352 g/mol. The van der Waals surface area contributed by atoms with E-state index in [1.165, 1.54) is 12.4 Å². The normalized spacial score (nSPS) is 19.9. The molecule has 1 saturated heterocycles. The first-order valence-electron chi connectivity index (χ1n) is 8.84. The number of hydrogen-bond donors (Lipinski definition) is 2. The number of aromatic amines is 1. The van der Waals surface area contributed by atoms with Crippen molar-refractivity contribution in [3.8, 4) is 0 Å². The van der Waals surface area contributed by atoms with E-state index in [9.17, 15) is 14.4 Å². The highest BCUT2D eigenvalue weighted by Crippen LogP contribution is 2.30. The zero-order chi connectivity index (χ0) is 18.1. The Morgan fingerprint density at radius 3 is 2.73 bits per heavy atom. The molecular weight excluding hydrogens is 332 g/mol. The molecule has 0 radical (unpaired) electrons. The Bertz CT molecular complexity index is 899. The number of amides is 2. The molecule has 134 valence electrons. The minimum atomic E-state index is -0.252. The van der Waals surface area contributed by atoms with Crippen LogP contribution in [0.5, 0.6) is 0 Å². The zero-order valence-electron chi connectivity index (χ0n) is 14.3. The van der Waals surface area contributed by atoms with Crippen molar-refractivity contribution in [2.24, 2.45) is 0 Å². The lowest BCUT2D eigenvalue weighted by Crippen LogP contribution is -2.39. The largest absolute Gasteiger partial charge is 0.345 e. The highest BCUT2D eigenvalue weighted by molar-refractivity contribution is 5.99. The number of nitrogens with zero attached hydrogens (tertiary/aromatic N) is 2. The van der Waals surface area contributed by atoms with Crippen molar-refractivity contribution in [3.05, 3.63) is 63.8 Å². The third-order valence-electron chi connectivity index (χ3n) is 5.23. The van der Waals surface area contributed by atoms with E-state index >= 15 is 0 Å². The predicted molar refractivity (Wildman–Crippen MR) is 94.7 cm³/mol. The van der Waals surface area contributed by atoms with Crippen LogP contribution in [0.3, 0.4) is 0 Å². The summed E-state index contributed by atoms with van der Waals surface area (Å²) in [5, 5.41) is 2.90. The van der Waals surface area contributed by atoms with Crippen LogP contribution >= 0.6 is 0 Å². The molecule has 0 spiro atoms. The van der Waals surface area contributed by atoms with Crippen LogP contribution in [0.4, 0.5) is 0 Å². The van der Waals surface area contributed by atoms with Crippen molar-refractivity contribution in [1.29, 1.82) is 0 Å². The molecular formula is C19H20N4O3. The van der Waals surface area contributed by atoms with E-state index in [1.54, 1.807) is 6.07 Å². The van der Waals surface area contributed by atoms with Gasteiger partial charge in [0.25, 0.3) is 11.5 Å². The summed E-state index contributed by atoms with van der Waals surface area (Å²) in [6.45, 7) is 1.28. The maximum absolute atomic E-state index is 12.7. The standard InChI is InChI=1S/C19H20N4O3/c24-17-9-15(20-11-21-17)12-5-7-23(8-6-12)18(25)10-16-13-3-1-2-4-14(13)19(26)22-16/h1-4,9,11-12,16H,5-8,10H2,(H,22,26)(H,20,21,24)/t16-/m1/s1. The van der Waals surface area contributed by atoms with Crippen LogP contribution in [-0.2, 0) is 4.79 Å². The topological polar surface area (TPSA) is 95.2 Å². The SMILES string of the molecule is O=C1N[C@H](CC(=O)N2CCC(c3cc(=O)[nH]cn3)CC2)c2ccccc21. The fourth-order valence-electron chi connectivity index (χ4n) is 3.82. The second kappa shape index (κ2) is 6.74. The van der Waals surface area contributed by atoms with Gasteiger partial charge in [0.05, 0.1) is 24.5 Å². The van der Waals surface area contributed by atoms with E-state index in [1.807, 2.05) is 23.1 Å². The molecule has 1 fully saturated rings. The molecule has 0 aliphatic carbocycles. The average Bonchev–Trinajstić information content (AvgIpc) is 2.98. The molecule has 1 aromatic carbocycles. The Balaban J connectivity index is 1.37. The Hall–Kier alpha value is -2.96. The summed E-state index contributed by atoms with van der Waals surface area (Å²) < 4.78 is 0. The maximum Gasteiger partial charge on any atom is 0.252 e. The first-order chi connectivity index (χ1) is 12.6. The quantitative estimate of drug-likeness (QED) is 0.872. The Labute approximate surface area is 150 Å². The summed E-state index contributed by atoms with van der Waals surface area (Å²) in [5.74, 6) is 0.134. The van der Waals surface area contributed by atoms with Gasteiger partial charge in [-0.3, -0.25) is 14.4 Å². The molecule has 1 atom stereocenters. The maximum atomic E-state index is 12.7. The molecule has 4 rings (SSSR count). The molecule has 2 aliphatic rings. The molecule has 2 amide bonds. The molecule has 0 saturated carbocycles. The number of carbonyl (C=O) groups is 2. The van der Waals surface area contributed by atoms with Gasteiger partial charge in [0, 0.05) is 30.6 Å². The van der Waals surface area contributed by atoms with Gasteiger partial charge in [-0.25, -0.2) is 4.98 Å². The second-order valence-corrected chi connectivity index (χ2v) is 6.81. The van der Waals surface area contributed by atoms with E-state index in [0.717, 1.165) is 24.1 Å². The summed E-state index contributed by atoms with van der Waals surface area (Å²) in [6.07, 6.45) is 3.28. The third kappa shape index (κ3) is 3.12. The average molecular weight is 352 g/mol. The van der Waals surface area contributed by atoms with Gasteiger partial charge in [0.1, 0.15) is 0 Å². The Morgan fingerprint density at radius 1 is 1.19 bits per heavy atom. The molecule has 0 unspecified atom stereocenters. The molecule has 0 bridgehead atoms. The summed E-state index contributed by atoms with van der Waals surface area (Å²) in [4.78, 5) is 44.7. The van der Waals surface area contributed by atoms with Crippen LogP contribution < -0.4 is 10.9 Å². The number of nitrogens with one attached hydrogen (secondary N) is 2. The number of aromatic nitrogens is 2. The molecule has 3 heterocycles. The Morgan fingerprint density at radius 2 is 1.96 bits per heavy atom. The lowest BCUT2D eigenvalue weighted by Gasteiger charge is -2.32. The number of hydrogen-bond acceptors (Lipinski definition) is 4. The summed E-state index contributed by atoms with van der Waals surface area (Å²) in [7, 11) is 0. The van der Waals surface area contributed by atoms with Gasteiger partial charge in [-0.05, 0) is 24.5 Å². The van der Waals surface area contributed by atoms with E-state index in [0.29, 0.717) is 18.7 Å². The van der Waals surface area contributed by atoms with Crippen molar-refractivity contribution in [2.75, 3.05) is 13.1 Å². The molecule has 2 aliphatic heterocycles. The molecule has 26 heavy (non-hydrogen) atoms. The first kappa shape index (κ1) is 16.5. The van der Waals surface area contributed by atoms with Crippen molar-refractivity contribution >= 4 is 11.8 Å². The van der Waals surface area contributed by atoms with Gasteiger partial charge < -0.3 is 15.2 Å². The number of piperidine rings is 1. The fraction of sp³-hybridized carbons (Fsp3) is 0.368. The zero-order valence-corrected chi connectivity index (χ0v) is 14.3. The highest BCUT2D eigenvalue weighted by Gasteiger charge is 2.32. The van der Waals surface area contributed by atoms with Crippen molar-refractivity contribution in [3.63, 3.8) is 0 Å². The smallest absolute Gasteiger partial charge is 0.252 e. The van der Waals surface area contributed by atoms with Gasteiger partial charge in [0.15, 0.2) is 0 Å². The molecule has 2 aromatic rings. The minimum Gasteiger partial charge on any atom is -0.345 e. The predicted octanol–water partition coefficient (Wildman–Crippen LogP) is 1.35. The number of fused-ring (bicyclic) bond motifs is 1. The number of likely N-dealkylation sites (tertiary alicyclic amines) is 1. The minimum absolute atomic E-state index is 0.0457. The number of H-pyrrole nitrogens is 1. The fourth-order valence-corrected chi connectivity index (χ4v) is 3.82. The van der Waals surface area contributed by atoms with E-state index in [4.69, 9.17) is 0 Å². The summed E-state index contributed by atoms with van der Waals surface area (Å²) in [6, 6.07) is 8.68. The highest BCUT2D eigenvalue weighted by atomic mass is 16.2. The van der Waals surface area contributed by atoms with Gasteiger partial charge in [-0.1, -0.05) is 18.2 Å². The third-order valence-corrected chi connectivity index (χ3v) is 5.23. The number of carbonyl (C=O) groups excluding carboxylic acids is 2. The molecule has 1 aromatic heterocycles. The van der Waals surface area contributed by atoms with Gasteiger partial charge in [0.2, 0.25) is 5.91 Å². The van der Waals surface area contributed by atoms with Crippen LogP contribution in [0, 0.1) is 0 Å². The van der Waals surface area contributed by atoms with E-state index in [-0.39, 0.29) is 35.8 Å². The Kier molecular flexibility index (Phi) is 4.28. The van der Waals surface area contributed by atoms with Gasteiger partial charge in [-0.2, -0.15) is 0 Å². The lowest BCUT2D eigenvalue weighted by molar-refractivity contribution is -0.132. The van der Waals surface area contributed by atoms with E-state index < -0.39 is 0 Å². The number of rotatable bonds is 3. The van der Waals surface area contributed by atoms with Crippen LogP contribution in [0.1, 0.15) is 52.8 Å². The molecule has 2 N–H and O–H groups in total. The van der Waals surface area contributed by atoms with Gasteiger partial charge >= 0.3 is 0 Å². The van der Waals surface area contributed by atoms with Crippen LogP contribution in [-0.4, -0.2) is 39.8 Å². The summed E-state index contributed by atoms with van der Waals surface area (Å²) >= 11 is 0. The molecule has 7 nitrogen and oxygen atoms in total. The van der Waals surface area contributed by atoms with Crippen LogP contribution in [0.15, 0.2) is 41.5 Å². The van der Waals surface area contributed by atoms with Gasteiger partial charge in [-0.15, -0.1) is 0 Å². The second-order valence-electron chi connectivity index (χ2n) is 6.81.